The molecule has 0 amide bonds. The third-order valence-electron chi connectivity index (χ3n) is 2.17. The van der Waals surface area contributed by atoms with Crippen molar-refractivity contribution in [2.75, 3.05) is 0 Å². The third-order valence-corrected chi connectivity index (χ3v) is 2.17. The summed E-state index contributed by atoms with van der Waals surface area (Å²) >= 11 is 0. The second kappa shape index (κ2) is 3.25. The van der Waals surface area contributed by atoms with E-state index in [0.717, 1.165) is 12.1 Å². The van der Waals surface area contributed by atoms with Crippen LogP contribution >= 0.6 is 0 Å². The van der Waals surface area contributed by atoms with Gasteiger partial charge in [-0.2, -0.15) is 0 Å². The Kier molecular flexibility index (Phi) is 2.09. The molecule has 2 atom stereocenters. The SMILES string of the molecule is C=CC1OC1NC1=CCC(C)=C=C1. The van der Waals surface area contributed by atoms with Crippen molar-refractivity contribution in [2.45, 2.75) is 25.7 Å². The van der Waals surface area contributed by atoms with Crippen molar-refractivity contribution >= 4 is 0 Å². The molecule has 2 heteroatoms. The zero-order valence-electron chi connectivity index (χ0n) is 7.71. The molecule has 2 unspecified atom stereocenters. The molecule has 0 saturated carbocycles. The molecule has 0 aromatic rings. The van der Waals surface area contributed by atoms with E-state index in [1.54, 1.807) is 0 Å². The largest absolute Gasteiger partial charge is 0.357 e. The highest BCUT2D eigenvalue weighted by molar-refractivity contribution is 5.26. The van der Waals surface area contributed by atoms with Gasteiger partial charge in [-0.1, -0.05) is 12.2 Å². The van der Waals surface area contributed by atoms with Crippen LogP contribution in [0.25, 0.3) is 0 Å². The zero-order valence-corrected chi connectivity index (χ0v) is 7.71. The Balaban J connectivity index is 1.91. The van der Waals surface area contributed by atoms with Crippen molar-refractivity contribution in [1.82, 2.24) is 5.32 Å². The molecule has 13 heavy (non-hydrogen) atoms. The maximum Gasteiger partial charge on any atom is 0.158 e. The van der Waals surface area contributed by atoms with Crippen LogP contribution in [0.5, 0.6) is 0 Å². The summed E-state index contributed by atoms with van der Waals surface area (Å²) in [4.78, 5) is 0. The number of ether oxygens (including phenoxy) is 1. The van der Waals surface area contributed by atoms with Crippen molar-refractivity contribution in [1.29, 1.82) is 0 Å². The van der Waals surface area contributed by atoms with Gasteiger partial charge in [0.2, 0.25) is 0 Å². The summed E-state index contributed by atoms with van der Waals surface area (Å²) < 4.78 is 5.27. The molecular weight excluding hydrogens is 162 g/mol. The molecule has 1 saturated heterocycles. The van der Waals surface area contributed by atoms with Crippen molar-refractivity contribution in [3.8, 4) is 0 Å². The molecule has 1 fully saturated rings. The van der Waals surface area contributed by atoms with Crippen LogP contribution in [0.2, 0.25) is 0 Å². The maximum atomic E-state index is 5.27. The Morgan fingerprint density at radius 3 is 3.15 bits per heavy atom. The third kappa shape index (κ3) is 1.92. The van der Waals surface area contributed by atoms with Crippen molar-refractivity contribution < 1.29 is 4.74 Å². The lowest BCUT2D eigenvalue weighted by molar-refractivity contribution is 0.371. The lowest BCUT2D eigenvalue weighted by atomic mass is 10.1. The van der Waals surface area contributed by atoms with Crippen LogP contribution in [0.4, 0.5) is 0 Å². The van der Waals surface area contributed by atoms with Gasteiger partial charge in [0.15, 0.2) is 6.23 Å². The van der Waals surface area contributed by atoms with Crippen molar-refractivity contribution in [2.24, 2.45) is 0 Å². The first-order chi connectivity index (χ1) is 6.29. The number of hydrogen-bond acceptors (Lipinski definition) is 2. The van der Waals surface area contributed by atoms with Crippen molar-refractivity contribution in [3.63, 3.8) is 0 Å². The van der Waals surface area contributed by atoms with E-state index in [9.17, 15) is 0 Å². The summed E-state index contributed by atoms with van der Waals surface area (Å²) in [7, 11) is 0. The van der Waals surface area contributed by atoms with E-state index in [1.165, 1.54) is 5.57 Å². The highest BCUT2D eigenvalue weighted by atomic mass is 16.6. The summed E-state index contributed by atoms with van der Waals surface area (Å²) in [5.41, 5.74) is 5.54. The Hall–Kier alpha value is -1.24. The van der Waals surface area contributed by atoms with Gasteiger partial charge >= 0.3 is 0 Å². The Morgan fingerprint density at radius 2 is 2.62 bits per heavy atom. The topological polar surface area (TPSA) is 24.6 Å². The maximum absolute atomic E-state index is 5.27. The Morgan fingerprint density at radius 1 is 1.77 bits per heavy atom. The number of rotatable bonds is 3. The predicted molar refractivity (Wildman–Crippen MR) is 52.0 cm³/mol. The monoisotopic (exact) mass is 175 g/mol. The lowest BCUT2D eigenvalue weighted by Gasteiger charge is -2.06. The average Bonchev–Trinajstić information content (AvgIpc) is 2.88. The number of allylic oxidation sites excluding steroid dienone is 2. The van der Waals surface area contributed by atoms with Gasteiger partial charge in [0.05, 0.1) is 0 Å². The molecule has 0 spiro atoms. The highest BCUT2D eigenvalue weighted by Gasteiger charge is 2.36. The van der Waals surface area contributed by atoms with Crippen LogP contribution in [-0.2, 0) is 4.74 Å². The predicted octanol–water partition coefficient (Wildman–Crippen LogP) is 1.88. The highest BCUT2D eigenvalue weighted by Crippen LogP contribution is 2.22. The van der Waals surface area contributed by atoms with E-state index in [0.29, 0.717) is 0 Å². The van der Waals surface area contributed by atoms with E-state index in [1.807, 2.05) is 12.2 Å². The Labute approximate surface area is 78.3 Å². The second-order valence-electron chi connectivity index (χ2n) is 3.33. The summed E-state index contributed by atoms with van der Waals surface area (Å²) in [6.07, 6.45) is 7.20. The molecule has 0 radical (unpaired) electrons. The van der Waals surface area contributed by atoms with E-state index >= 15 is 0 Å². The quantitative estimate of drug-likeness (QED) is 0.402. The van der Waals surface area contributed by atoms with Crippen LogP contribution in [-0.4, -0.2) is 12.3 Å². The van der Waals surface area contributed by atoms with Crippen LogP contribution in [0, 0.1) is 0 Å². The first kappa shape index (κ1) is 8.36. The van der Waals surface area contributed by atoms with Gasteiger partial charge in [0.25, 0.3) is 0 Å². The van der Waals surface area contributed by atoms with E-state index in [-0.39, 0.29) is 12.3 Å². The van der Waals surface area contributed by atoms with Gasteiger partial charge in [-0.3, -0.25) is 0 Å². The fraction of sp³-hybridized carbons (Fsp3) is 0.364. The first-order valence-corrected chi connectivity index (χ1v) is 4.46. The van der Waals surface area contributed by atoms with Crippen LogP contribution < -0.4 is 5.32 Å². The minimum Gasteiger partial charge on any atom is -0.357 e. The molecule has 0 bridgehead atoms. The standard InChI is InChI=1S/C11H13NO/c1-3-10-11(13-10)12-9-6-4-8(2)5-7-9/h3,6-7,10-12H,1,4H2,2H3. The molecule has 1 heterocycles. The molecule has 0 aromatic carbocycles. The van der Waals surface area contributed by atoms with Crippen LogP contribution in [0.3, 0.4) is 0 Å². The summed E-state index contributed by atoms with van der Waals surface area (Å²) in [6, 6.07) is 0. The second-order valence-corrected chi connectivity index (χ2v) is 3.33. The smallest absolute Gasteiger partial charge is 0.158 e. The number of epoxide rings is 1. The molecule has 1 aliphatic carbocycles. The molecule has 1 N–H and O–H groups in total. The van der Waals surface area contributed by atoms with Gasteiger partial charge in [-0.05, 0) is 18.9 Å². The van der Waals surface area contributed by atoms with Crippen LogP contribution in [0.1, 0.15) is 13.3 Å². The summed E-state index contributed by atoms with van der Waals surface area (Å²) in [5.74, 6) is 0. The normalized spacial score (nSPS) is 30.5. The molecule has 68 valence electrons. The van der Waals surface area contributed by atoms with Crippen LogP contribution in [0.15, 0.2) is 41.8 Å². The van der Waals surface area contributed by atoms with Gasteiger partial charge < -0.3 is 10.1 Å². The number of nitrogens with one attached hydrogen (secondary N) is 1. The lowest BCUT2D eigenvalue weighted by Crippen LogP contribution is -2.18. The minimum atomic E-state index is 0.125. The summed E-state index contributed by atoms with van der Waals surface area (Å²) in [5, 5.41) is 3.25. The molecule has 1 aliphatic heterocycles. The zero-order chi connectivity index (χ0) is 9.26. The molecule has 2 nitrogen and oxygen atoms in total. The van der Waals surface area contributed by atoms with Gasteiger partial charge in [0, 0.05) is 11.8 Å². The fourth-order valence-corrected chi connectivity index (χ4v) is 1.27. The first-order valence-electron chi connectivity index (χ1n) is 4.46. The van der Waals surface area contributed by atoms with Gasteiger partial charge in [-0.25, -0.2) is 0 Å². The van der Waals surface area contributed by atoms with E-state index < -0.39 is 0 Å². The molecule has 2 aliphatic rings. The van der Waals surface area contributed by atoms with Gasteiger partial charge in [-0.15, -0.1) is 12.3 Å². The van der Waals surface area contributed by atoms with E-state index in [4.69, 9.17) is 4.74 Å². The Bertz CT molecular complexity index is 321. The van der Waals surface area contributed by atoms with E-state index in [2.05, 4.69) is 30.6 Å². The fourth-order valence-electron chi connectivity index (χ4n) is 1.27. The molecule has 2 rings (SSSR count). The summed E-state index contributed by atoms with van der Waals surface area (Å²) in [6.45, 7) is 5.74. The average molecular weight is 175 g/mol. The molecular formula is C11H13NO. The number of hydrogen-bond donors (Lipinski definition) is 1. The van der Waals surface area contributed by atoms with Gasteiger partial charge in [0.1, 0.15) is 6.10 Å². The van der Waals surface area contributed by atoms with Crippen molar-refractivity contribution in [3.05, 3.63) is 41.8 Å². The molecule has 0 aromatic heterocycles. The minimum absolute atomic E-state index is 0.125.